The van der Waals surface area contributed by atoms with E-state index in [1.807, 2.05) is 43.3 Å². The molecule has 0 spiro atoms. The Labute approximate surface area is 111 Å². The Morgan fingerprint density at radius 1 is 0.947 bits per heavy atom. The second-order valence-electron chi connectivity index (χ2n) is 4.31. The summed E-state index contributed by atoms with van der Waals surface area (Å²) < 4.78 is 15.6. The van der Waals surface area contributed by atoms with Crippen molar-refractivity contribution < 1.29 is 18.9 Å². The highest BCUT2D eigenvalue weighted by atomic mass is 31.2. The summed E-state index contributed by atoms with van der Waals surface area (Å²) in [6, 6.07) is 13.2. The van der Waals surface area contributed by atoms with Crippen molar-refractivity contribution in [2.45, 2.75) is 13.8 Å². The average molecular weight is 278 g/mol. The van der Waals surface area contributed by atoms with Crippen LogP contribution in [0.3, 0.4) is 0 Å². The summed E-state index contributed by atoms with van der Waals surface area (Å²) in [4.78, 5) is 17.7. The lowest BCUT2D eigenvalue weighted by Gasteiger charge is -2.14. The third kappa shape index (κ3) is 3.24. The first-order chi connectivity index (χ1) is 8.88. The van der Waals surface area contributed by atoms with E-state index >= 15 is 0 Å². The van der Waals surface area contributed by atoms with Gasteiger partial charge in [-0.05, 0) is 42.2 Å². The van der Waals surface area contributed by atoms with E-state index in [9.17, 15) is 4.57 Å². The van der Waals surface area contributed by atoms with Gasteiger partial charge in [-0.25, -0.2) is 4.57 Å². The molecule has 0 saturated carbocycles. The van der Waals surface area contributed by atoms with Crippen molar-refractivity contribution in [1.82, 2.24) is 0 Å². The number of benzene rings is 2. The molecule has 0 amide bonds. The van der Waals surface area contributed by atoms with Crippen molar-refractivity contribution >= 4 is 7.82 Å². The third-order valence-corrected chi connectivity index (χ3v) is 3.47. The van der Waals surface area contributed by atoms with Crippen molar-refractivity contribution in [3.8, 4) is 16.9 Å². The van der Waals surface area contributed by atoms with Gasteiger partial charge >= 0.3 is 7.82 Å². The number of rotatable bonds is 3. The molecule has 0 fully saturated rings. The number of phosphoric ester groups is 1. The molecule has 0 radical (unpaired) electrons. The van der Waals surface area contributed by atoms with Gasteiger partial charge in [0.25, 0.3) is 0 Å². The largest absolute Gasteiger partial charge is 0.524 e. The number of phosphoric acid groups is 1. The molecule has 2 aromatic rings. The van der Waals surface area contributed by atoms with Crippen LogP contribution in [-0.2, 0) is 4.57 Å². The molecule has 0 saturated heterocycles. The first-order valence-electron chi connectivity index (χ1n) is 5.79. The molecule has 0 aromatic heterocycles. The van der Waals surface area contributed by atoms with Crippen LogP contribution in [0.5, 0.6) is 5.75 Å². The van der Waals surface area contributed by atoms with Gasteiger partial charge in [0.2, 0.25) is 0 Å². The van der Waals surface area contributed by atoms with Crippen LogP contribution in [0.25, 0.3) is 11.1 Å². The minimum atomic E-state index is -4.52. The SMILES string of the molecule is Cc1c(OP(=O)(O)O)ccc(-c2ccccc2)c1C. The zero-order valence-corrected chi connectivity index (χ0v) is 11.6. The Bertz CT molecular complexity index is 631. The summed E-state index contributed by atoms with van der Waals surface area (Å²) in [6.45, 7) is 3.69. The highest BCUT2D eigenvalue weighted by Gasteiger charge is 2.18. The van der Waals surface area contributed by atoms with Crippen LogP contribution in [0.1, 0.15) is 11.1 Å². The summed E-state index contributed by atoms with van der Waals surface area (Å²) >= 11 is 0. The van der Waals surface area contributed by atoms with Crippen LogP contribution in [0.15, 0.2) is 42.5 Å². The molecule has 100 valence electrons. The molecule has 2 N–H and O–H groups in total. The first kappa shape index (κ1) is 13.8. The lowest BCUT2D eigenvalue weighted by molar-refractivity contribution is 0.282. The summed E-state index contributed by atoms with van der Waals surface area (Å²) in [6.07, 6.45) is 0. The van der Waals surface area contributed by atoms with Crippen LogP contribution in [0.4, 0.5) is 0 Å². The van der Waals surface area contributed by atoms with Gasteiger partial charge in [-0.2, -0.15) is 0 Å². The zero-order valence-electron chi connectivity index (χ0n) is 10.7. The van der Waals surface area contributed by atoms with Crippen molar-refractivity contribution in [2.24, 2.45) is 0 Å². The Morgan fingerprint density at radius 3 is 2.16 bits per heavy atom. The lowest BCUT2D eigenvalue weighted by Crippen LogP contribution is -1.96. The van der Waals surface area contributed by atoms with E-state index in [0.717, 1.165) is 22.3 Å². The molecule has 0 unspecified atom stereocenters. The van der Waals surface area contributed by atoms with Gasteiger partial charge in [-0.15, -0.1) is 0 Å². The van der Waals surface area contributed by atoms with Crippen LogP contribution in [-0.4, -0.2) is 9.79 Å². The van der Waals surface area contributed by atoms with Crippen LogP contribution in [0.2, 0.25) is 0 Å². The highest BCUT2D eigenvalue weighted by Crippen LogP contribution is 2.41. The summed E-state index contributed by atoms with van der Waals surface area (Å²) in [5.74, 6) is 0.213. The van der Waals surface area contributed by atoms with E-state index < -0.39 is 7.82 Å². The summed E-state index contributed by atoms with van der Waals surface area (Å²) in [5, 5.41) is 0. The Morgan fingerprint density at radius 2 is 1.58 bits per heavy atom. The van der Waals surface area contributed by atoms with Gasteiger partial charge < -0.3 is 4.52 Å². The monoisotopic (exact) mass is 278 g/mol. The van der Waals surface area contributed by atoms with E-state index in [1.54, 1.807) is 13.0 Å². The minimum Gasteiger partial charge on any atom is -0.404 e. The van der Waals surface area contributed by atoms with Crippen LogP contribution >= 0.6 is 7.82 Å². The lowest BCUT2D eigenvalue weighted by atomic mass is 9.96. The van der Waals surface area contributed by atoms with Crippen LogP contribution < -0.4 is 4.52 Å². The zero-order chi connectivity index (χ0) is 14.0. The fraction of sp³-hybridized carbons (Fsp3) is 0.143. The van der Waals surface area contributed by atoms with Crippen molar-refractivity contribution in [2.75, 3.05) is 0 Å². The third-order valence-electron chi connectivity index (χ3n) is 3.04. The van der Waals surface area contributed by atoms with E-state index in [4.69, 9.17) is 9.79 Å². The molecule has 0 bridgehead atoms. The number of hydrogen-bond acceptors (Lipinski definition) is 2. The maximum atomic E-state index is 10.9. The van der Waals surface area contributed by atoms with Crippen molar-refractivity contribution in [3.63, 3.8) is 0 Å². The average Bonchev–Trinajstić information content (AvgIpc) is 2.35. The van der Waals surface area contributed by atoms with Gasteiger partial charge in [-0.1, -0.05) is 36.4 Å². The van der Waals surface area contributed by atoms with E-state index in [0.29, 0.717) is 0 Å². The summed E-state index contributed by atoms with van der Waals surface area (Å²) in [7, 11) is -4.52. The molecular formula is C14H15O4P. The normalized spacial score (nSPS) is 11.4. The molecule has 5 heteroatoms. The second kappa shape index (κ2) is 5.17. The second-order valence-corrected chi connectivity index (χ2v) is 5.47. The van der Waals surface area contributed by atoms with Crippen molar-refractivity contribution in [3.05, 3.63) is 53.6 Å². The molecule has 4 nitrogen and oxygen atoms in total. The van der Waals surface area contributed by atoms with E-state index in [2.05, 4.69) is 4.52 Å². The van der Waals surface area contributed by atoms with Gasteiger partial charge in [0, 0.05) is 0 Å². The molecule has 0 aliphatic carbocycles. The molecule has 19 heavy (non-hydrogen) atoms. The fourth-order valence-electron chi connectivity index (χ4n) is 1.95. The van der Waals surface area contributed by atoms with Gasteiger partial charge in [0.05, 0.1) is 0 Å². The van der Waals surface area contributed by atoms with Gasteiger partial charge in [-0.3, -0.25) is 9.79 Å². The van der Waals surface area contributed by atoms with Gasteiger partial charge in [0.15, 0.2) is 0 Å². The Balaban J connectivity index is 2.47. The molecule has 0 atom stereocenters. The molecule has 2 aromatic carbocycles. The van der Waals surface area contributed by atoms with Gasteiger partial charge in [0.1, 0.15) is 5.75 Å². The highest BCUT2D eigenvalue weighted by molar-refractivity contribution is 7.46. The fourth-order valence-corrected chi connectivity index (χ4v) is 2.41. The smallest absolute Gasteiger partial charge is 0.404 e. The van der Waals surface area contributed by atoms with Crippen molar-refractivity contribution in [1.29, 1.82) is 0 Å². The maximum absolute atomic E-state index is 10.9. The standard InChI is InChI=1S/C14H15O4P/c1-10-11(2)14(18-19(15,16)17)9-8-13(10)12-6-4-3-5-7-12/h3-9H,1-2H3,(H2,15,16,17). The predicted molar refractivity (Wildman–Crippen MR) is 74.0 cm³/mol. The maximum Gasteiger partial charge on any atom is 0.524 e. The van der Waals surface area contributed by atoms with E-state index in [-0.39, 0.29) is 5.75 Å². The molecule has 0 heterocycles. The van der Waals surface area contributed by atoms with Crippen LogP contribution in [0, 0.1) is 13.8 Å². The Kier molecular flexibility index (Phi) is 3.76. The topological polar surface area (TPSA) is 66.8 Å². The minimum absolute atomic E-state index is 0.213. The first-order valence-corrected chi connectivity index (χ1v) is 7.32. The quantitative estimate of drug-likeness (QED) is 0.844. The number of hydrogen-bond donors (Lipinski definition) is 2. The molecule has 0 aliphatic rings. The predicted octanol–water partition coefficient (Wildman–Crippen LogP) is 3.44. The summed E-state index contributed by atoms with van der Waals surface area (Å²) in [5.41, 5.74) is 3.75. The molecular weight excluding hydrogens is 263 g/mol. The molecule has 2 rings (SSSR count). The molecule has 0 aliphatic heterocycles. The van der Waals surface area contributed by atoms with E-state index in [1.165, 1.54) is 0 Å². The Hall–Kier alpha value is -1.61.